The summed E-state index contributed by atoms with van der Waals surface area (Å²) in [6.45, 7) is 0. The highest BCUT2D eigenvalue weighted by molar-refractivity contribution is 6.23. The van der Waals surface area contributed by atoms with Crippen LogP contribution >= 0.6 is 0 Å². The Morgan fingerprint density at radius 1 is 0.167 bits per heavy atom. The van der Waals surface area contributed by atoms with Crippen LogP contribution in [0.5, 0.6) is 0 Å². The van der Waals surface area contributed by atoms with Crippen LogP contribution in [0.4, 0.5) is 0 Å². The third kappa shape index (κ3) is 5.69. The second kappa shape index (κ2) is 13.9. The van der Waals surface area contributed by atoms with Gasteiger partial charge < -0.3 is 0 Å². The van der Waals surface area contributed by atoms with E-state index in [9.17, 15) is 0 Å². The van der Waals surface area contributed by atoms with Crippen LogP contribution in [0, 0.1) is 0 Å². The molecule has 0 spiro atoms. The lowest BCUT2D eigenvalue weighted by Crippen LogP contribution is -1.93. The van der Waals surface area contributed by atoms with E-state index in [1.165, 1.54) is 120 Å². The van der Waals surface area contributed by atoms with Crippen LogP contribution in [0.3, 0.4) is 0 Å². The molecule has 0 bridgehead atoms. The topological polar surface area (TPSA) is 0 Å². The van der Waals surface area contributed by atoms with Gasteiger partial charge in [0, 0.05) is 0 Å². The number of hydrogen-bond donors (Lipinski definition) is 0. The van der Waals surface area contributed by atoms with Gasteiger partial charge in [-0.05, 0) is 157 Å². The van der Waals surface area contributed by atoms with E-state index in [1.807, 2.05) is 0 Å². The molecule has 0 unspecified atom stereocenters. The maximum atomic E-state index is 2.44. The molecular formula is C60H38. The van der Waals surface area contributed by atoms with Gasteiger partial charge in [-0.3, -0.25) is 0 Å². The minimum Gasteiger partial charge on any atom is -0.0616 e. The van der Waals surface area contributed by atoms with E-state index in [0.717, 1.165) is 0 Å². The first-order valence-electron chi connectivity index (χ1n) is 20.8. The molecule has 12 aromatic carbocycles. The molecule has 0 aliphatic rings. The molecule has 0 aliphatic carbocycles. The first-order chi connectivity index (χ1) is 29.7. The van der Waals surface area contributed by atoms with E-state index in [-0.39, 0.29) is 0 Å². The van der Waals surface area contributed by atoms with Gasteiger partial charge in [0.15, 0.2) is 0 Å². The molecule has 0 fully saturated rings. The molecule has 0 atom stereocenters. The summed E-state index contributed by atoms with van der Waals surface area (Å²) in [4.78, 5) is 0. The maximum absolute atomic E-state index is 2.44. The van der Waals surface area contributed by atoms with Crippen LogP contribution in [0.25, 0.3) is 120 Å². The molecule has 278 valence electrons. The molecule has 0 aromatic heterocycles. The fraction of sp³-hybridized carbons (Fsp3) is 0. The molecule has 60 heavy (non-hydrogen) atoms. The van der Waals surface area contributed by atoms with Gasteiger partial charge in [0.05, 0.1) is 0 Å². The highest BCUT2D eigenvalue weighted by atomic mass is 14.2. The fourth-order valence-corrected chi connectivity index (χ4v) is 9.73. The summed E-state index contributed by atoms with van der Waals surface area (Å²) in [5, 5.41) is 14.9. The Morgan fingerprint density at radius 2 is 0.550 bits per heavy atom. The van der Waals surface area contributed by atoms with Gasteiger partial charge in [-0.2, -0.15) is 0 Å². The van der Waals surface area contributed by atoms with Crippen molar-refractivity contribution < 1.29 is 0 Å². The summed E-state index contributed by atoms with van der Waals surface area (Å²) in [6, 6.07) is 85.5. The second-order valence-electron chi connectivity index (χ2n) is 16.0. The van der Waals surface area contributed by atoms with E-state index >= 15 is 0 Å². The lowest BCUT2D eigenvalue weighted by molar-refractivity contribution is 1.61. The monoisotopic (exact) mass is 758 g/mol. The average Bonchev–Trinajstić information content (AvgIpc) is 3.32. The summed E-state index contributed by atoms with van der Waals surface area (Å²) in [7, 11) is 0. The van der Waals surface area contributed by atoms with Crippen molar-refractivity contribution in [2.24, 2.45) is 0 Å². The molecule has 0 saturated heterocycles. The van der Waals surface area contributed by atoms with E-state index < -0.39 is 0 Å². The summed E-state index contributed by atoms with van der Waals surface area (Å²) >= 11 is 0. The Balaban J connectivity index is 1.19. The lowest BCUT2D eigenvalue weighted by Gasteiger charge is -2.21. The van der Waals surface area contributed by atoms with Crippen molar-refractivity contribution in [3.05, 3.63) is 231 Å². The SMILES string of the molecule is c1ccc2cc(-c3ccc4c(-c5cc(-c6cccc7ccccc67)cc(-c6cccc7ccccc67)c5)c5ccccc5c(-c5ccc6ccccc6c5)c4c3)ccc2c1. The number of rotatable bonds is 5. The van der Waals surface area contributed by atoms with Crippen molar-refractivity contribution in [1.82, 2.24) is 0 Å². The Hall–Kier alpha value is -7.80. The molecule has 0 N–H and O–H groups in total. The van der Waals surface area contributed by atoms with Crippen molar-refractivity contribution in [2.45, 2.75) is 0 Å². The third-order valence-corrected chi connectivity index (χ3v) is 12.6. The molecule has 0 aliphatic heterocycles. The zero-order valence-corrected chi connectivity index (χ0v) is 32.9. The summed E-state index contributed by atoms with van der Waals surface area (Å²) in [6.07, 6.45) is 0. The number of benzene rings is 12. The molecule has 12 aromatic rings. The predicted molar refractivity (Wildman–Crippen MR) is 259 cm³/mol. The van der Waals surface area contributed by atoms with Crippen LogP contribution in [0.2, 0.25) is 0 Å². The zero-order chi connectivity index (χ0) is 39.6. The van der Waals surface area contributed by atoms with Crippen molar-refractivity contribution in [2.75, 3.05) is 0 Å². The Bertz CT molecular complexity index is 3550. The summed E-state index contributed by atoms with van der Waals surface area (Å²) < 4.78 is 0. The summed E-state index contributed by atoms with van der Waals surface area (Å²) in [5.41, 5.74) is 12.2. The highest BCUT2D eigenvalue weighted by Crippen LogP contribution is 2.47. The van der Waals surface area contributed by atoms with Crippen LogP contribution in [0.1, 0.15) is 0 Å². The van der Waals surface area contributed by atoms with Crippen molar-refractivity contribution in [3.63, 3.8) is 0 Å². The first kappa shape index (κ1) is 34.3. The standard InChI is InChI=1S/C60H38/c1-3-17-43-33-45(29-27-39(43)13-1)46-31-32-57-58(38-46)59(47-30-28-40-14-2-4-18-44(40)34-47)55-23-9-10-24-56(55)60(57)50-36-48(53-25-11-19-41-15-5-7-21-51(41)53)35-49(37-50)54-26-12-20-42-16-6-8-22-52(42)54/h1-38H. The van der Waals surface area contributed by atoms with Crippen molar-refractivity contribution >= 4 is 64.6 Å². The Labute approximate surface area is 349 Å². The molecule has 0 amide bonds. The zero-order valence-electron chi connectivity index (χ0n) is 32.9. The predicted octanol–water partition coefficient (Wildman–Crippen LogP) is 16.9. The van der Waals surface area contributed by atoms with Gasteiger partial charge in [0.25, 0.3) is 0 Å². The second-order valence-corrected chi connectivity index (χ2v) is 16.0. The molecule has 0 heterocycles. The molecule has 0 radical (unpaired) electrons. The Morgan fingerprint density at radius 3 is 1.13 bits per heavy atom. The largest absolute Gasteiger partial charge is 0.0616 e. The van der Waals surface area contributed by atoms with Crippen molar-refractivity contribution in [3.8, 4) is 55.6 Å². The van der Waals surface area contributed by atoms with Crippen LogP contribution < -0.4 is 0 Å². The van der Waals surface area contributed by atoms with E-state index in [0.29, 0.717) is 0 Å². The third-order valence-electron chi connectivity index (χ3n) is 12.6. The van der Waals surface area contributed by atoms with E-state index in [2.05, 4.69) is 231 Å². The van der Waals surface area contributed by atoms with Crippen molar-refractivity contribution in [1.29, 1.82) is 0 Å². The van der Waals surface area contributed by atoms with Crippen LogP contribution in [-0.4, -0.2) is 0 Å². The molecular weight excluding hydrogens is 721 g/mol. The van der Waals surface area contributed by atoms with Gasteiger partial charge in [-0.25, -0.2) is 0 Å². The average molecular weight is 759 g/mol. The van der Waals surface area contributed by atoms with Crippen LogP contribution in [-0.2, 0) is 0 Å². The fourth-order valence-electron chi connectivity index (χ4n) is 9.73. The highest BCUT2D eigenvalue weighted by Gasteiger charge is 2.20. The lowest BCUT2D eigenvalue weighted by atomic mass is 9.83. The quantitative estimate of drug-likeness (QED) is 0.153. The first-order valence-corrected chi connectivity index (χ1v) is 20.8. The Kier molecular flexibility index (Phi) is 7.96. The molecule has 0 saturated carbocycles. The normalized spacial score (nSPS) is 11.7. The molecule has 0 nitrogen and oxygen atoms in total. The smallest absolute Gasteiger partial charge is 0.00259 e. The molecule has 0 heteroatoms. The van der Waals surface area contributed by atoms with Gasteiger partial charge in [-0.1, -0.05) is 194 Å². The van der Waals surface area contributed by atoms with E-state index in [1.54, 1.807) is 0 Å². The summed E-state index contributed by atoms with van der Waals surface area (Å²) in [5.74, 6) is 0. The van der Waals surface area contributed by atoms with Gasteiger partial charge in [0.2, 0.25) is 0 Å². The number of fused-ring (bicyclic) bond motifs is 6. The minimum absolute atomic E-state index is 1.20. The maximum Gasteiger partial charge on any atom is -0.00259 e. The van der Waals surface area contributed by atoms with Gasteiger partial charge in [-0.15, -0.1) is 0 Å². The van der Waals surface area contributed by atoms with Gasteiger partial charge in [0.1, 0.15) is 0 Å². The van der Waals surface area contributed by atoms with Crippen LogP contribution in [0.15, 0.2) is 231 Å². The molecule has 12 rings (SSSR count). The van der Waals surface area contributed by atoms with E-state index in [4.69, 9.17) is 0 Å². The van der Waals surface area contributed by atoms with Gasteiger partial charge >= 0.3 is 0 Å². The minimum atomic E-state index is 1.20. The number of hydrogen-bond acceptors (Lipinski definition) is 0.